The number of hydrogen-bond donors (Lipinski definition) is 2. The van der Waals surface area contributed by atoms with Gasteiger partial charge in [-0.1, -0.05) is 12.1 Å². The zero-order valence-electron chi connectivity index (χ0n) is 9.73. The molecule has 17 heavy (non-hydrogen) atoms. The molecule has 0 saturated heterocycles. The monoisotopic (exact) mass is 236 g/mol. The van der Waals surface area contributed by atoms with Crippen molar-refractivity contribution in [1.29, 1.82) is 0 Å². The summed E-state index contributed by atoms with van der Waals surface area (Å²) in [6.45, 7) is 3.36. The van der Waals surface area contributed by atoms with Gasteiger partial charge in [-0.2, -0.15) is 0 Å². The Balaban J connectivity index is 1.84. The van der Waals surface area contributed by atoms with E-state index in [1.54, 1.807) is 0 Å². The first-order valence-corrected chi connectivity index (χ1v) is 5.69. The Morgan fingerprint density at radius 2 is 2.12 bits per heavy atom. The summed E-state index contributed by atoms with van der Waals surface area (Å²) in [5, 5.41) is 5.39. The van der Waals surface area contributed by atoms with E-state index in [1.807, 2.05) is 31.2 Å². The van der Waals surface area contributed by atoms with Gasteiger partial charge in [-0.25, -0.2) is 4.79 Å². The van der Waals surface area contributed by atoms with Gasteiger partial charge in [0.05, 0.1) is 6.54 Å². The molecule has 92 valence electrons. The van der Waals surface area contributed by atoms with Gasteiger partial charge >= 0.3 is 6.03 Å². The van der Waals surface area contributed by atoms with Gasteiger partial charge in [0.25, 0.3) is 0 Å². The van der Waals surface area contributed by atoms with Gasteiger partial charge in [-0.3, -0.25) is 0 Å². The van der Waals surface area contributed by atoms with Gasteiger partial charge in [0.2, 0.25) is 0 Å². The van der Waals surface area contributed by atoms with Crippen LogP contribution in [0.15, 0.2) is 24.3 Å². The largest absolute Gasteiger partial charge is 0.486 e. The number of hydrogen-bond acceptors (Lipinski definition) is 3. The van der Waals surface area contributed by atoms with E-state index in [2.05, 4.69) is 10.6 Å². The molecule has 2 N–H and O–H groups in total. The summed E-state index contributed by atoms with van der Waals surface area (Å²) in [4.78, 5) is 11.2. The smallest absolute Gasteiger partial charge is 0.314 e. The van der Waals surface area contributed by atoms with Crippen LogP contribution in [-0.2, 0) is 0 Å². The molecule has 0 aromatic heterocycles. The maximum absolute atomic E-state index is 11.2. The van der Waals surface area contributed by atoms with Crippen molar-refractivity contribution in [3.63, 3.8) is 0 Å². The van der Waals surface area contributed by atoms with Gasteiger partial charge < -0.3 is 20.1 Å². The summed E-state index contributed by atoms with van der Waals surface area (Å²) >= 11 is 0. The molecule has 0 spiro atoms. The molecule has 1 heterocycles. The van der Waals surface area contributed by atoms with Gasteiger partial charge in [-0.05, 0) is 19.1 Å². The average Bonchev–Trinajstić information content (AvgIpc) is 2.36. The van der Waals surface area contributed by atoms with E-state index in [0.717, 1.165) is 11.5 Å². The second-order valence-corrected chi connectivity index (χ2v) is 3.74. The van der Waals surface area contributed by atoms with Crippen LogP contribution in [0.4, 0.5) is 4.79 Å². The minimum absolute atomic E-state index is 0.146. The van der Waals surface area contributed by atoms with Crippen molar-refractivity contribution < 1.29 is 14.3 Å². The second kappa shape index (κ2) is 5.43. The first-order valence-electron chi connectivity index (χ1n) is 5.69. The molecular formula is C12H16N2O3. The Morgan fingerprint density at radius 1 is 1.35 bits per heavy atom. The highest BCUT2D eigenvalue weighted by atomic mass is 16.6. The lowest BCUT2D eigenvalue weighted by molar-refractivity contribution is 0.0918. The second-order valence-electron chi connectivity index (χ2n) is 3.74. The zero-order valence-corrected chi connectivity index (χ0v) is 9.73. The SMILES string of the molecule is CCNC(=O)NCC1COc2ccccc2O1. The van der Waals surface area contributed by atoms with E-state index in [-0.39, 0.29) is 12.1 Å². The van der Waals surface area contributed by atoms with Gasteiger partial charge in [0, 0.05) is 6.54 Å². The topological polar surface area (TPSA) is 59.6 Å². The number of nitrogens with one attached hydrogen (secondary N) is 2. The lowest BCUT2D eigenvalue weighted by Crippen LogP contribution is -2.44. The maximum Gasteiger partial charge on any atom is 0.314 e. The third kappa shape index (κ3) is 3.03. The fourth-order valence-corrected chi connectivity index (χ4v) is 1.59. The molecule has 1 atom stereocenters. The fraction of sp³-hybridized carbons (Fsp3) is 0.417. The van der Waals surface area contributed by atoms with Crippen molar-refractivity contribution in [2.24, 2.45) is 0 Å². The van der Waals surface area contributed by atoms with Gasteiger partial charge in [-0.15, -0.1) is 0 Å². The van der Waals surface area contributed by atoms with Crippen LogP contribution >= 0.6 is 0 Å². The van der Waals surface area contributed by atoms with E-state index in [1.165, 1.54) is 0 Å². The Morgan fingerprint density at radius 3 is 2.88 bits per heavy atom. The highest BCUT2D eigenvalue weighted by Crippen LogP contribution is 2.30. The van der Waals surface area contributed by atoms with Crippen molar-refractivity contribution in [2.45, 2.75) is 13.0 Å². The van der Waals surface area contributed by atoms with Crippen LogP contribution < -0.4 is 20.1 Å². The van der Waals surface area contributed by atoms with Crippen LogP contribution in [0.25, 0.3) is 0 Å². The molecule has 0 radical (unpaired) electrons. The summed E-state index contributed by atoms with van der Waals surface area (Å²) in [5.74, 6) is 1.48. The highest BCUT2D eigenvalue weighted by Gasteiger charge is 2.20. The third-order valence-electron chi connectivity index (χ3n) is 2.40. The van der Waals surface area contributed by atoms with Gasteiger partial charge in [0.1, 0.15) is 6.61 Å². The molecule has 5 heteroatoms. The molecule has 0 bridgehead atoms. The first kappa shape index (κ1) is 11.6. The molecule has 2 amide bonds. The van der Waals surface area contributed by atoms with E-state index in [0.29, 0.717) is 19.7 Å². The normalized spacial score (nSPS) is 17.4. The highest BCUT2D eigenvalue weighted by molar-refractivity contribution is 5.73. The standard InChI is InChI=1S/C12H16N2O3/c1-2-13-12(15)14-7-9-8-16-10-5-3-4-6-11(10)17-9/h3-6,9H,2,7-8H2,1H3,(H2,13,14,15). The van der Waals surface area contributed by atoms with Crippen LogP contribution in [0.3, 0.4) is 0 Å². The van der Waals surface area contributed by atoms with Crippen LogP contribution in [-0.4, -0.2) is 31.8 Å². The molecule has 1 aliphatic heterocycles. The molecule has 1 aromatic carbocycles. The van der Waals surface area contributed by atoms with Gasteiger partial charge in [0.15, 0.2) is 17.6 Å². The Hall–Kier alpha value is -1.91. The molecule has 0 fully saturated rings. The predicted octanol–water partition coefficient (Wildman–Crippen LogP) is 1.15. The maximum atomic E-state index is 11.2. The molecule has 2 rings (SSSR count). The zero-order chi connectivity index (χ0) is 12.1. The number of benzene rings is 1. The van der Waals surface area contributed by atoms with Crippen molar-refractivity contribution >= 4 is 6.03 Å². The lowest BCUT2D eigenvalue weighted by Gasteiger charge is -2.26. The minimum Gasteiger partial charge on any atom is -0.486 e. The molecule has 0 saturated carbocycles. The number of carbonyl (C=O) groups excluding carboxylic acids is 1. The molecule has 5 nitrogen and oxygen atoms in total. The Bertz CT molecular complexity index is 395. The van der Waals surface area contributed by atoms with Crippen LogP contribution in [0.5, 0.6) is 11.5 Å². The number of urea groups is 1. The number of ether oxygens (including phenoxy) is 2. The van der Waals surface area contributed by atoms with E-state index >= 15 is 0 Å². The molecule has 1 aliphatic rings. The van der Waals surface area contributed by atoms with Crippen molar-refractivity contribution in [3.8, 4) is 11.5 Å². The first-order chi connectivity index (χ1) is 8.29. The number of amides is 2. The summed E-state index contributed by atoms with van der Waals surface area (Å²) in [7, 11) is 0. The average molecular weight is 236 g/mol. The van der Waals surface area contributed by atoms with E-state index < -0.39 is 0 Å². The Kier molecular flexibility index (Phi) is 3.69. The van der Waals surface area contributed by atoms with Crippen molar-refractivity contribution in [1.82, 2.24) is 10.6 Å². The van der Waals surface area contributed by atoms with E-state index in [9.17, 15) is 4.79 Å². The molecule has 1 aromatic rings. The van der Waals surface area contributed by atoms with Crippen LogP contribution in [0.2, 0.25) is 0 Å². The summed E-state index contributed by atoms with van der Waals surface area (Å²) < 4.78 is 11.2. The molecule has 1 unspecified atom stereocenters. The van der Waals surface area contributed by atoms with E-state index in [4.69, 9.17) is 9.47 Å². The molecule has 0 aliphatic carbocycles. The minimum atomic E-state index is -0.185. The Labute approximate surface area is 100 Å². The summed E-state index contributed by atoms with van der Waals surface area (Å²) in [6.07, 6.45) is -0.146. The number of para-hydroxylation sites is 2. The van der Waals surface area contributed by atoms with Crippen molar-refractivity contribution in [3.05, 3.63) is 24.3 Å². The number of rotatable bonds is 3. The number of fused-ring (bicyclic) bond motifs is 1. The predicted molar refractivity (Wildman–Crippen MR) is 63.4 cm³/mol. The number of carbonyl (C=O) groups is 1. The summed E-state index contributed by atoms with van der Waals surface area (Å²) in [5.41, 5.74) is 0. The lowest BCUT2D eigenvalue weighted by atomic mass is 10.2. The van der Waals surface area contributed by atoms with Crippen molar-refractivity contribution in [2.75, 3.05) is 19.7 Å². The van der Waals surface area contributed by atoms with Crippen LogP contribution in [0.1, 0.15) is 6.92 Å². The van der Waals surface area contributed by atoms with Crippen LogP contribution in [0, 0.1) is 0 Å². The quantitative estimate of drug-likeness (QED) is 0.827. The third-order valence-corrected chi connectivity index (χ3v) is 2.40. The molecular weight excluding hydrogens is 220 g/mol. The summed E-state index contributed by atoms with van der Waals surface area (Å²) in [6, 6.07) is 7.32. The fourth-order valence-electron chi connectivity index (χ4n) is 1.59.